The molecule has 0 spiro atoms. The standard InChI is InChI=1S/C17H21N5/c1-13-4-7-22-15(12-20-16(22)9-13)11-18-10-14-3-2-6-21-8-5-19-17(14)21/h4-5,7-9,12,14,18H,2-3,6,10-11H2,1H3/t14-/m1/s1. The number of pyridine rings is 1. The van der Waals surface area contributed by atoms with Crippen LogP contribution < -0.4 is 5.32 Å². The Hall–Kier alpha value is -2.14. The van der Waals surface area contributed by atoms with Crippen molar-refractivity contribution in [1.82, 2.24) is 24.3 Å². The van der Waals surface area contributed by atoms with Gasteiger partial charge in [-0.1, -0.05) is 0 Å². The van der Waals surface area contributed by atoms with Gasteiger partial charge in [-0.05, 0) is 37.5 Å². The molecule has 1 N–H and O–H groups in total. The van der Waals surface area contributed by atoms with Gasteiger partial charge < -0.3 is 14.3 Å². The summed E-state index contributed by atoms with van der Waals surface area (Å²) in [5, 5.41) is 3.58. The van der Waals surface area contributed by atoms with Crippen LogP contribution in [0.15, 0.2) is 36.9 Å². The molecule has 114 valence electrons. The Morgan fingerprint density at radius 2 is 2.27 bits per heavy atom. The van der Waals surface area contributed by atoms with Crippen molar-refractivity contribution in [1.29, 1.82) is 0 Å². The van der Waals surface area contributed by atoms with E-state index in [2.05, 4.69) is 55.7 Å². The highest BCUT2D eigenvalue weighted by Crippen LogP contribution is 2.24. The van der Waals surface area contributed by atoms with Gasteiger partial charge >= 0.3 is 0 Å². The highest BCUT2D eigenvalue weighted by molar-refractivity contribution is 5.42. The monoisotopic (exact) mass is 295 g/mol. The summed E-state index contributed by atoms with van der Waals surface area (Å²) >= 11 is 0. The van der Waals surface area contributed by atoms with Crippen LogP contribution in [0.5, 0.6) is 0 Å². The molecule has 0 fully saturated rings. The zero-order chi connectivity index (χ0) is 14.9. The molecule has 0 bridgehead atoms. The molecule has 1 aliphatic heterocycles. The second kappa shape index (κ2) is 5.57. The smallest absolute Gasteiger partial charge is 0.137 e. The van der Waals surface area contributed by atoms with E-state index in [1.807, 2.05) is 12.4 Å². The van der Waals surface area contributed by atoms with Crippen molar-refractivity contribution in [2.75, 3.05) is 6.54 Å². The van der Waals surface area contributed by atoms with E-state index < -0.39 is 0 Å². The summed E-state index contributed by atoms with van der Waals surface area (Å²) in [7, 11) is 0. The van der Waals surface area contributed by atoms with Gasteiger partial charge in [-0.25, -0.2) is 9.97 Å². The molecule has 0 saturated heterocycles. The molecule has 5 heteroatoms. The number of hydrogen-bond donors (Lipinski definition) is 1. The van der Waals surface area contributed by atoms with Crippen LogP contribution in [0, 0.1) is 6.92 Å². The molecule has 0 saturated carbocycles. The highest BCUT2D eigenvalue weighted by Gasteiger charge is 2.20. The van der Waals surface area contributed by atoms with E-state index in [0.29, 0.717) is 5.92 Å². The first kappa shape index (κ1) is 13.5. The summed E-state index contributed by atoms with van der Waals surface area (Å²) in [4.78, 5) is 9.00. The van der Waals surface area contributed by atoms with Gasteiger partial charge in [-0.3, -0.25) is 0 Å². The number of hydrogen-bond acceptors (Lipinski definition) is 3. The van der Waals surface area contributed by atoms with Crippen LogP contribution in [0.25, 0.3) is 5.65 Å². The molecule has 3 aromatic rings. The summed E-state index contributed by atoms with van der Waals surface area (Å²) in [5.41, 5.74) is 3.46. The molecule has 0 radical (unpaired) electrons. The van der Waals surface area contributed by atoms with Gasteiger partial charge in [-0.15, -0.1) is 0 Å². The molecule has 4 rings (SSSR count). The molecule has 0 amide bonds. The molecule has 5 nitrogen and oxygen atoms in total. The van der Waals surface area contributed by atoms with Crippen molar-refractivity contribution in [3.05, 3.63) is 54.0 Å². The molecule has 22 heavy (non-hydrogen) atoms. The Morgan fingerprint density at radius 1 is 1.32 bits per heavy atom. The normalized spacial score (nSPS) is 17.8. The van der Waals surface area contributed by atoms with Crippen molar-refractivity contribution >= 4 is 5.65 Å². The predicted octanol–water partition coefficient (Wildman–Crippen LogP) is 2.51. The summed E-state index contributed by atoms with van der Waals surface area (Å²) in [5.74, 6) is 1.75. The number of nitrogens with one attached hydrogen (secondary N) is 1. The summed E-state index contributed by atoms with van der Waals surface area (Å²) in [6.45, 7) is 5.01. The second-order valence-electron chi connectivity index (χ2n) is 6.13. The summed E-state index contributed by atoms with van der Waals surface area (Å²) < 4.78 is 4.44. The summed E-state index contributed by atoms with van der Waals surface area (Å²) in [6, 6.07) is 4.23. The van der Waals surface area contributed by atoms with Crippen LogP contribution in [-0.4, -0.2) is 25.5 Å². The van der Waals surface area contributed by atoms with Gasteiger partial charge in [-0.2, -0.15) is 0 Å². The average molecular weight is 295 g/mol. The number of nitrogens with zero attached hydrogens (tertiary/aromatic N) is 4. The first-order valence-corrected chi connectivity index (χ1v) is 7.95. The van der Waals surface area contributed by atoms with Crippen LogP contribution in [0.3, 0.4) is 0 Å². The Bertz CT molecular complexity index is 785. The van der Waals surface area contributed by atoms with E-state index in [0.717, 1.165) is 25.3 Å². The molecule has 0 aliphatic carbocycles. The molecule has 0 unspecified atom stereocenters. The fourth-order valence-corrected chi connectivity index (χ4v) is 3.34. The Kier molecular flexibility index (Phi) is 3.42. The Labute approximate surface area is 130 Å². The molecular weight excluding hydrogens is 274 g/mol. The quantitative estimate of drug-likeness (QED) is 0.804. The predicted molar refractivity (Wildman–Crippen MR) is 85.8 cm³/mol. The average Bonchev–Trinajstić information content (AvgIpc) is 3.14. The number of aryl methyl sites for hydroxylation is 2. The summed E-state index contributed by atoms with van der Waals surface area (Å²) in [6.07, 6.45) is 10.5. The molecular formula is C17H21N5. The maximum atomic E-state index is 4.52. The molecule has 3 aromatic heterocycles. The zero-order valence-electron chi connectivity index (χ0n) is 12.9. The van der Waals surface area contributed by atoms with Crippen LogP contribution >= 0.6 is 0 Å². The number of rotatable bonds is 4. The third-order valence-corrected chi connectivity index (χ3v) is 4.51. The van der Waals surface area contributed by atoms with Crippen molar-refractivity contribution < 1.29 is 0 Å². The van der Waals surface area contributed by atoms with Gasteiger partial charge in [0.2, 0.25) is 0 Å². The SMILES string of the molecule is Cc1ccn2c(CNC[C@H]3CCCn4ccnc43)cnc2c1. The van der Waals surface area contributed by atoms with Gasteiger partial charge in [0, 0.05) is 44.1 Å². The topological polar surface area (TPSA) is 47.1 Å². The van der Waals surface area contributed by atoms with Crippen LogP contribution in [0.1, 0.15) is 35.8 Å². The molecule has 0 aromatic carbocycles. The molecule has 1 aliphatic rings. The van der Waals surface area contributed by atoms with E-state index in [1.54, 1.807) is 0 Å². The highest BCUT2D eigenvalue weighted by atomic mass is 15.1. The van der Waals surface area contributed by atoms with Crippen molar-refractivity contribution in [2.24, 2.45) is 0 Å². The Balaban J connectivity index is 1.43. The van der Waals surface area contributed by atoms with E-state index in [4.69, 9.17) is 0 Å². The van der Waals surface area contributed by atoms with Gasteiger partial charge in [0.1, 0.15) is 11.5 Å². The fourth-order valence-electron chi connectivity index (χ4n) is 3.34. The first-order valence-electron chi connectivity index (χ1n) is 7.95. The van der Waals surface area contributed by atoms with E-state index in [9.17, 15) is 0 Å². The molecule has 1 atom stereocenters. The second-order valence-corrected chi connectivity index (χ2v) is 6.13. The fraction of sp³-hybridized carbons (Fsp3) is 0.412. The number of aromatic nitrogens is 4. The third kappa shape index (κ3) is 2.41. The van der Waals surface area contributed by atoms with Gasteiger partial charge in [0.25, 0.3) is 0 Å². The van der Waals surface area contributed by atoms with E-state index in [1.165, 1.54) is 29.9 Å². The minimum atomic E-state index is 0.519. The van der Waals surface area contributed by atoms with Crippen LogP contribution in [-0.2, 0) is 13.1 Å². The van der Waals surface area contributed by atoms with Crippen molar-refractivity contribution in [3.8, 4) is 0 Å². The van der Waals surface area contributed by atoms with Crippen molar-refractivity contribution in [2.45, 2.75) is 38.8 Å². The molecule has 4 heterocycles. The number of imidazole rings is 2. The lowest BCUT2D eigenvalue weighted by molar-refractivity contribution is 0.422. The lowest BCUT2D eigenvalue weighted by Crippen LogP contribution is -2.26. The third-order valence-electron chi connectivity index (χ3n) is 4.51. The Morgan fingerprint density at radius 3 is 3.23 bits per heavy atom. The maximum absolute atomic E-state index is 4.52. The lowest BCUT2D eigenvalue weighted by Gasteiger charge is -2.23. The maximum Gasteiger partial charge on any atom is 0.137 e. The minimum absolute atomic E-state index is 0.519. The van der Waals surface area contributed by atoms with Crippen LogP contribution in [0.4, 0.5) is 0 Å². The van der Waals surface area contributed by atoms with Crippen molar-refractivity contribution in [3.63, 3.8) is 0 Å². The van der Waals surface area contributed by atoms with Crippen LogP contribution in [0.2, 0.25) is 0 Å². The largest absolute Gasteiger partial charge is 0.335 e. The van der Waals surface area contributed by atoms with E-state index >= 15 is 0 Å². The lowest BCUT2D eigenvalue weighted by atomic mass is 9.99. The van der Waals surface area contributed by atoms with Gasteiger partial charge in [0.05, 0.1) is 11.9 Å². The zero-order valence-corrected chi connectivity index (χ0v) is 12.9. The minimum Gasteiger partial charge on any atom is -0.335 e. The van der Waals surface area contributed by atoms with Gasteiger partial charge in [0.15, 0.2) is 0 Å². The number of fused-ring (bicyclic) bond motifs is 2. The first-order chi connectivity index (χ1) is 10.8. The van der Waals surface area contributed by atoms with E-state index in [-0.39, 0.29) is 0 Å².